The van der Waals surface area contributed by atoms with Crippen LogP contribution in [0.25, 0.3) is 0 Å². The van der Waals surface area contributed by atoms with Gasteiger partial charge in [-0.25, -0.2) is 13.2 Å². The average molecular weight is 284 g/mol. The molecule has 2 rings (SSSR count). The molecule has 1 atom stereocenters. The zero-order chi connectivity index (χ0) is 13.9. The van der Waals surface area contributed by atoms with Gasteiger partial charge in [-0.05, 0) is 19.3 Å². The van der Waals surface area contributed by atoms with Crippen LogP contribution in [-0.4, -0.2) is 41.3 Å². The number of isocyanates is 1. The van der Waals surface area contributed by atoms with Gasteiger partial charge in [0.25, 0.3) is 0 Å². The van der Waals surface area contributed by atoms with Crippen LogP contribution in [0.2, 0.25) is 0 Å². The van der Waals surface area contributed by atoms with Gasteiger partial charge in [0.15, 0.2) is 0 Å². The van der Waals surface area contributed by atoms with Crippen molar-refractivity contribution >= 4 is 16.1 Å². The van der Waals surface area contributed by atoms with Gasteiger partial charge in [-0.1, -0.05) is 6.42 Å². The maximum absolute atomic E-state index is 12.5. The van der Waals surface area contributed by atoms with Crippen molar-refractivity contribution < 1.29 is 13.2 Å². The predicted octanol–water partition coefficient (Wildman–Crippen LogP) is 0.647. The lowest BCUT2D eigenvalue weighted by molar-refractivity contribution is 0.330. The first kappa shape index (κ1) is 13.9. The molecule has 1 aromatic rings. The Morgan fingerprint density at radius 2 is 2.21 bits per heavy atom. The highest BCUT2D eigenvalue weighted by Crippen LogP contribution is 2.24. The highest BCUT2D eigenvalue weighted by molar-refractivity contribution is 7.89. The van der Waals surface area contributed by atoms with Gasteiger partial charge in [0.2, 0.25) is 16.1 Å². The van der Waals surface area contributed by atoms with Crippen molar-refractivity contribution in [2.45, 2.75) is 36.7 Å². The molecule has 104 valence electrons. The molecule has 1 saturated heterocycles. The smallest absolute Gasteiger partial charge is 0.248 e. The highest BCUT2D eigenvalue weighted by atomic mass is 32.2. The SMILES string of the molecule is Cn1cc(S(=O)(=O)N2CCCCCC2N=C=O)cn1. The molecular weight excluding hydrogens is 268 g/mol. The van der Waals surface area contributed by atoms with Crippen LogP contribution in [0.5, 0.6) is 0 Å². The van der Waals surface area contributed by atoms with E-state index >= 15 is 0 Å². The Balaban J connectivity index is 2.37. The molecule has 7 nitrogen and oxygen atoms in total. The van der Waals surface area contributed by atoms with Gasteiger partial charge in [-0.2, -0.15) is 14.4 Å². The average Bonchev–Trinajstić information content (AvgIpc) is 2.67. The molecule has 0 saturated carbocycles. The van der Waals surface area contributed by atoms with Gasteiger partial charge >= 0.3 is 0 Å². The molecular formula is C11H16N4O3S. The van der Waals surface area contributed by atoms with Crippen LogP contribution < -0.4 is 0 Å². The predicted molar refractivity (Wildman–Crippen MR) is 67.5 cm³/mol. The Labute approximate surface area is 112 Å². The number of hydrogen-bond donors (Lipinski definition) is 0. The maximum Gasteiger partial charge on any atom is 0.248 e. The molecule has 0 aromatic carbocycles. The molecule has 1 aliphatic heterocycles. The summed E-state index contributed by atoms with van der Waals surface area (Å²) in [6.07, 6.45) is 6.69. The lowest BCUT2D eigenvalue weighted by Gasteiger charge is -2.24. The molecule has 0 bridgehead atoms. The number of sulfonamides is 1. The molecule has 1 unspecified atom stereocenters. The van der Waals surface area contributed by atoms with Crippen molar-refractivity contribution in [1.29, 1.82) is 0 Å². The zero-order valence-electron chi connectivity index (χ0n) is 10.7. The Morgan fingerprint density at radius 1 is 1.42 bits per heavy atom. The van der Waals surface area contributed by atoms with Crippen molar-refractivity contribution in [2.75, 3.05) is 6.54 Å². The third kappa shape index (κ3) is 2.91. The number of aromatic nitrogens is 2. The lowest BCUT2D eigenvalue weighted by atomic mass is 10.2. The Kier molecular flexibility index (Phi) is 4.14. The monoisotopic (exact) mass is 284 g/mol. The number of carbonyl (C=O) groups excluding carboxylic acids is 1. The van der Waals surface area contributed by atoms with Crippen LogP contribution in [-0.2, 0) is 21.9 Å². The van der Waals surface area contributed by atoms with E-state index in [4.69, 9.17) is 0 Å². The number of nitrogens with zero attached hydrogens (tertiary/aromatic N) is 4. The summed E-state index contributed by atoms with van der Waals surface area (Å²) >= 11 is 0. The van der Waals surface area contributed by atoms with Crippen molar-refractivity contribution in [3.63, 3.8) is 0 Å². The van der Waals surface area contributed by atoms with Crippen LogP contribution in [0.15, 0.2) is 22.3 Å². The summed E-state index contributed by atoms with van der Waals surface area (Å²) < 4.78 is 27.8. The molecule has 0 amide bonds. The summed E-state index contributed by atoms with van der Waals surface area (Å²) in [6, 6.07) is 0. The lowest BCUT2D eigenvalue weighted by Crippen LogP contribution is -2.38. The van der Waals surface area contributed by atoms with Gasteiger partial charge in [0, 0.05) is 19.8 Å². The fourth-order valence-electron chi connectivity index (χ4n) is 2.20. The maximum atomic E-state index is 12.5. The second-order valence-electron chi connectivity index (χ2n) is 4.52. The molecule has 1 aromatic heterocycles. The first-order valence-electron chi connectivity index (χ1n) is 6.13. The standard InChI is InChI=1S/C11H16N4O3S/c1-14-8-10(7-13-14)19(17,18)15-6-4-2-3-5-11(15)12-9-16/h7-8,11H,2-6H2,1H3. The molecule has 0 aliphatic carbocycles. The van der Waals surface area contributed by atoms with E-state index in [-0.39, 0.29) is 4.90 Å². The van der Waals surface area contributed by atoms with E-state index in [0.29, 0.717) is 13.0 Å². The summed E-state index contributed by atoms with van der Waals surface area (Å²) in [5.41, 5.74) is 0. The fraction of sp³-hybridized carbons (Fsp3) is 0.636. The van der Waals surface area contributed by atoms with E-state index in [2.05, 4.69) is 10.1 Å². The second kappa shape index (κ2) is 5.64. The molecule has 19 heavy (non-hydrogen) atoms. The molecule has 1 aliphatic rings. The van der Waals surface area contributed by atoms with E-state index < -0.39 is 16.2 Å². The van der Waals surface area contributed by atoms with Crippen LogP contribution in [0.4, 0.5) is 0 Å². The van der Waals surface area contributed by atoms with Crippen LogP contribution >= 0.6 is 0 Å². The van der Waals surface area contributed by atoms with Crippen molar-refractivity contribution in [1.82, 2.24) is 14.1 Å². The Morgan fingerprint density at radius 3 is 2.84 bits per heavy atom. The summed E-state index contributed by atoms with van der Waals surface area (Å²) in [4.78, 5) is 14.2. The largest absolute Gasteiger partial charge is 0.274 e. The molecule has 0 N–H and O–H groups in total. The first-order valence-corrected chi connectivity index (χ1v) is 7.57. The minimum absolute atomic E-state index is 0.128. The molecule has 0 radical (unpaired) electrons. The van der Waals surface area contributed by atoms with Gasteiger partial charge in [-0.3, -0.25) is 4.68 Å². The third-order valence-electron chi connectivity index (χ3n) is 3.16. The quantitative estimate of drug-likeness (QED) is 0.602. The van der Waals surface area contributed by atoms with E-state index in [9.17, 15) is 13.2 Å². The van der Waals surface area contributed by atoms with E-state index in [1.54, 1.807) is 7.05 Å². The van der Waals surface area contributed by atoms with Gasteiger partial charge in [0.05, 0.1) is 6.20 Å². The fourth-order valence-corrected chi connectivity index (χ4v) is 3.78. The molecule has 8 heteroatoms. The summed E-state index contributed by atoms with van der Waals surface area (Å²) in [5.74, 6) is 0. The van der Waals surface area contributed by atoms with E-state index in [0.717, 1.165) is 19.3 Å². The third-order valence-corrected chi connectivity index (χ3v) is 5.01. The minimum Gasteiger partial charge on any atom is -0.274 e. The molecule has 1 fully saturated rings. The van der Waals surface area contributed by atoms with Crippen molar-refractivity contribution in [3.05, 3.63) is 12.4 Å². The summed E-state index contributed by atoms with van der Waals surface area (Å²) in [7, 11) is -2.00. The number of aryl methyl sites for hydroxylation is 1. The van der Waals surface area contributed by atoms with Crippen LogP contribution in [0.1, 0.15) is 25.7 Å². The number of rotatable bonds is 3. The van der Waals surface area contributed by atoms with E-state index in [1.807, 2.05) is 0 Å². The van der Waals surface area contributed by atoms with Crippen LogP contribution in [0, 0.1) is 0 Å². The van der Waals surface area contributed by atoms with Gasteiger partial charge < -0.3 is 0 Å². The minimum atomic E-state index is -3.66. The second-order valence-corrected chi connectivity index (χ2v) is 6.41. The Bertz CT molecular complexity index is 589. The highest BCUT2D eigenvalue weighted by Gasteiger charge is 2.33. The summed E-state index contributed by atoms with van der Waals surface area (Å²) in [5, 5.41) is 3.88. The topological polar surface area (TPSA) is 84.6 Å². The normalized spacial score (nSPS) is 21.6. The summed E-state index contributed by atoms with van der Waals surface area (Å²) in [6.45, 7) is 0.368. The van der Waals surface area contributed by atoms with Crippen molar-refractivity contribution in [3.8, 4) is 0 Å². The zero-order valence-corrected chi connectivity index (χ0v) is 11.5. The molecule has 2 heterocycles. The van der Waals surface area contributed by atoms with Crippen molar-refractivity contribution in [2.24, 2.45) is 12.0 Å². The first-order chi connectivity index (χ1) is 9.05. The Hall–Kier alpha value is -1.50. The van der Waals surface area contributed by atoms with E-state index in [1.165, 1.54) is 27.5 Å². The van der Waals surface area contributed by atoms with Gasteiger partial charge in [-0.15, -0.1) is 0 Å². The van der Waals surface area contributed by atoms with Gasteiger partial charge in [0.1, 0.15) is 11.1 Å². The molecule has 0 spiro atoms. The number of hydrogen-bond acceptors (Lipinski definition) is 5. The van der Waals surface area contributed by atoms with Crippen LogP contribution in [0.3, 0.4) is 0 Å². The number of aliphatic imine (C=N–C) groups is 1.